The number of pyridine rings is 1. The van der Waals surface area contributed by atoms with Crippen molar-refractivity contribution in [1.82, 2.24) is 25.2 Å². The van der Waals surface area contributed by atoms with Crippen LogP contribution in [0, 0.1) is 6.92 Å². The number of carbonyl (C=O) groups is 4. The molecule has 3 N–H and O–H groups in total. The summed E-state index contributed by atoms with van der Waals surface area (Å²) in [5.41, 5.74) is -0.257. The summed E-state index contributed by atoms with van der Waals surface area (Å²) >= 11 is 6.39. The first-order valence-corrected chi connectivity index (χ1v) is 21.6. The predicted molar refractivity (Wildman–Crippen MR) is 207 cm³/mol. The number of aryl methyl sites for hydroxylation is 2. The molecule has 7 rings (SSSR count). The second-order valence-electron chi connectivity index (χ2n) is 16.7. The van der Waals surface area contributed by atoms with Crippen molar-refractivity contribution in [1.29, 1.82) is 0 Å². The van der Waals surface area contributed by atoms with Crippen LogP contribution in [0.1, 0.15) is 115 Å². The highest BCUT2D eigenvalue weighted by Gasteiger charge is 2.55. The lowest BCUT2D eigenvalue weighted by atomic mass is 9.87. The summed E-state index contributed by atoms with van der Waals surface area (Å²) in [6.07, 6.45) is 11.6. The highest BCUT2D eigenvalue weighted by Crippen LogP contribution is 2.45. The molecule has 1 saturated heterocycles. The number of aromatic nitrogens is 1. The van der Waals surface area contributed by atoms with E-state index in [1.54, 1.807) is 19.1 Å². The topological polar surface area (TPSA) is 173 Å². The number of sulfonamides is 1. The van der Waals surface area contributed by atoms with E-state index in [-0.39, 0.29) is 25.5 Å². The number of ether oxygens (including phenoxy) is 2. The van der Waals surface area contributed by atoms with Crippen molar-refractivity contribution in [2.75, 3.05) is 6.54 Å². The summed E-state index contributed by atoms with van der Waals surface area (Å²) in [4.78, 5) is 62.7. The molecule has 1 aromatic heterocycles. The Morgan fingerprint density at radius 3 is 2.53 bits per heavy atom. The van der Waals surface area contributed by atoms with Gasteiger partial charge in [-0.1, -0.05) is 36.6 Å². The number of allylic oxidation sites excluding steroid dienone is 1. The van der Waals surface area contributed by atoms with Crippen molar-refractivity contribution in [3.8, 4) is 5.75 Å². The summed E-state index contributed by atoms with van der Waals surface area (Å²) in [5.74, 6) is -1.33. The van der Waals surface area contributed by atoms with Crippen LogP contribution in [0.3, 0.4) is 0 Å². The monoisotopic (exact) mass is 797 g/mol. The van der Waals surface area contributed by atoms with Crippen LogP contribution in [0.25, 0.3) is 10.9 Å². The van der Waals surface area contributed by atoms with Crippen LogP contribution in [-0.2, 0) is 35.6 Å². The third-order valence-corrected chi connectivity index (χ3v) is 14.7. The molecule has 0 unspecified atom stereocenters. The number of benzene rings is 1. The van der Waals surface area contributed by atoms with Crippen LogP contribution in [0.15, 0.2) is 30.4 Å². The first kappa shape index (κ1) is 39.3. The normalized spacial score (nSPS) is 29.3. The number of nitrogens with zero attached hydrogens (tertiary/aromatic N) is 2. The van der Waals surface area contributed by atoms with Crippen molar-refractivity contribution in [3.05, 3.63) is 46.6 Å². The Balaban J connectivity index is 1.22. The molecule has 3 fully saturated rings. The van der Waals surface area contributed by atoms with Gasteiger partial charge in [0.15, 0.2) is 0 Å². The SMILES string of the molecule is Cc1nc2ccc(Cl)cc2c2c1O[C@]1(CC2)C[C@H]2C(=O)N[C@@](C)(C(=O)NS(=O)(=O)C3(C)CC3)C/C=C\CCCCC[C@H](NC(=O)OC3CCCC3)C(=O)N2C1. The molecular formula is C40H52ClN5O8S. The Morgan fingerprint density at radius 1 is 1.04 bits per heavy atom. The zero-order valence-electron chi connectivity index (χ0n) is 31.9. The summed E-state index contributed by atoms with van der Waals surface area (Å²) < 4.78 is 40.1. The van der Waals surface area contributed by atoms with E-state index in [2.05, 4.69) is 15.4 Å². The molecule has 5 aliphatic rings. The van der Waals surface area contributed by atoms with Crippen molar-refractivity contribution >= 4 is 56.3 Å². The van der Waals surface area contributed by atoms with Crippen LogP contribution >= 0.6 is 11.6 Å². The van der Waals surface area contributed by atoms with E-state index in [1.807, 2.05) is 25.1 Å². The minimum Gasteiger partial charge on any atom is -0.483 e. The molecule has 0 bridgehead atoms. The molecule has 4 amide bonds. The number of halogens is 1. The van der Waals surface area contributed by atoms with Gasteiger partial charge < -0.3 is 25.0 Å². The zero-order chi connectivity index (χ0) is 39.2. The lowest BCUT2D eigenvalue weighted by Gasteiger charge is -2.36. The zero-order valence-corrected chi connectivity index (χ0v) is 33.5. The van der Waals surface area contributed by atoms with Gasteiger partial charge in [0.05, 0.1) is 22.5 Å². The van der Waals surface area contributed by atoms with E-state index in [1.165, 1.54) is 11.8 Å². The van der Waals surface area contributed by atoms with Gasteiger partial charge >= 0.3 is 6.09 Å². The predicted octanol–water partition coefficient (Wildman–Crippen LogP) is 5.68. The molecule has 2 aromatic rings. The molecule has 0 radical (unpaired) electrons. The molecule has 15 heteroatoms. The van der Waals surface area contributed by atoms with Crippen molar-refractivity contribution < 1.29 is 37.1 Å². The fourth-order valence-corrected chi connectivity index (χ4v) is 9.99. The molecule has 1 aromatic carbocycles. The molecule has 2 saturated carbocycles. The largest absolute Gasteiger partial charge is 0.483 e. The minimum atomic E-state index is -4.01. The molecule has 13 nitrogen and oxygen atoms in total. The lowest BCUT2D eigenvalue weighted by Crippen LogP contribution is -2.62. The standard InChI is InChI=1S/C40H52ClN5O8S/c1-25-33-28(29-22-26(41)15-16-30(29)42-25)17-19-40(54-33)23-32-34(47)44-39(3,36(49)45-55(51,52)38(2)20-21-38)18-11-7-5-4-6-8-14-31(35(48)46(32)24-40)43-37(50)53-27-12-9-10-13-27/h7,11,15-16,22,27,31-32H,4-6,8-10,12-14,17-21,23-24H2,1-3H3,(H,43,50)(H,44,47)(H,45,49)/b11-7-/t31-,32-,39+,40+/m0/s1. The Hall–Kier alpha value is -3.91. The molecule has 4 atom stereocenters. The van der Waals surface area contributed by atoms with E-state index < -0.39 is 61.8 Å². The molecule has 4 heterocycles. The smallest absolute Gasteiger partial charge is 0.408 e. The third-order valence-electron chi connectivity index (χ3n) is 12.3. The van der Waals surface area contributed by atoms with E-state index in [0.717, 1.165) is 55.0 Å². The number of rotatable bonds is 5. The van der Waals surface area contributed by atoms with Crippen LogP contribution in [0.4, 0.5) is 4.79 Å². The Bertz CT molecular complexity index is 2010. The average Bonchev–Trinajstić information content (AvgIpc) is 3.52. The quantitative estimate of drug-likeness (QED) is 0.322. The third kappa shape index (κ3) is 8.17. The minimum absolute atomic E-state index is 0.0319. The number of hydrogen-bond donors (Lipinski definition) is 3. The van der Waals surface area contributed by atoms with E-state index in [4.69, 9.17) is 26.1 Å². The van der Waals surface area contributed by atoms with Crippen molar-refractivity contribution in [3.63, 3.8) is 0 Å². The fourth-order valence-electron chi connectivity index (χ4n) is 8.47. The highest BCUT2D eigenvalue weighted by atomic mass is 35.5. The second kappa shape index (κ2) is 15.2. The number of nitrogens with one attached hydrogen (secondary N) is 3. The first-order valence-electron chi connectivity index (χ1n) is 19.7. The molecular weight excluding hydrogens is 746 g/mol. The lowest BCUT2D eigenvalue weighted by molar-refractivity contribution is -0.142. The number of carbonyl (C=O) groups excluding carboxylic acids is 4. The van der Waals surface area contributed by atoms with Gasteiger partial charge in [-0.3, -0.25) is 19.1 Å². The van der Waals surface area contributed by atoms with Gasteiger partial charge in [-0.15, -0.1) is 0 Å². The number of fused-ring (bicyclic) bond motifs is 4. The maximum atomic E-state index is 14.8. The summed E-state index contributed by atoms with van der Waals surface area (Å²) in [6.45, 7) is 5.00. The van der Waals surface area contributed by atoms with Crippen LogP contribution in [0.5, 0.6) is 5.75 Å². The van der Waals surface area contributed by atoms with Gasteiger partial charge in [-0.25, -0.2) is 18.2 Å². The van der Waals surface area contributed by atoms with Crippen LogP contribution < -0.4 is 20.1 Å². The molecule has 298 valence electrons. The van der Waals surface area contributed by atoms with E-state index >= 15 is 0 Å². The maximum Gasteiger partial charge on any atom is 0.408 e. The summed E-state index contributed by atoms with van der Waals surface area (Å²) in [7, 11) is -4.01. The van der Waals surface area contributed by atoms with Gasteiger partial charge in [0.1, 0.15) is 35.1 Å². The first-order chi connectivity index (χ1) is 26.1. The van der Waals surface area contributed by atoms with Crippen LogP contribution in [0.2, 0.25) is 5.02 Å². The number of amides is 4. The van der Waals surface area contributed by atoms with Crippen molar-refractivity contribution in [2.24, 2.45) is 0 Å². The molecule has 1 spiro atoms. The maximum absolute atomic E-state index is 14.8. The Morgan fingerprint density at radius 2 is 1.78 bits per heavy atom. The number of alkyl carbamates (subject to hydrolysis) is 1. The van der Waals surface area contributed by atoms with Gasteiger partial charge in [-0.2, -0.15) is 0 Å². The van der Waals surface area contributed by atoms with Gasteiger partial charge in [0.25, 0.3) is 5.91 Å². The van der Waals surface area contributed by atoms with Crippen LogP contribution in [-0.4, -0.2) is 82.7 Å². The summed E-state index contributed by atoms with van der Waals surface area (Å²) in [6, 6.07) is 3.45. The average molecular weight is 798 g/mol. The Labute approximate surface area is 327 Å². The second-order valence-corrected chi connectivity index (χ2v) is 19.3. The molecule has 2 aliphatic carbocycles. The Kier molecular flexibility index (Phi) is 10.9. The molecule has 3 aliphatic heterocycles. The number of hydrogen-bond acceptors (Lipinski definition) is 9. The van der Waals surface area contributed by atoms with Gasteiger partial charge in [0, 0.05) is 22.4 Å². The van der Waals surface area contributed by atoms with E-state index in [9.17, 15) is 27.6 Å². The van der Waals surface area contributed by atoms with E-state index in [0.29, 0.717) is 61.4 Å². The molecule has 55 heavy (non-hydrogen) atoms. The summed E-state index contributed by atoms with van der Waals surface area (Å²) in [5, 5.41) is 7.17. The van der Waals surface area contributed by atoms with Gasteiger partial charge in [-0.05, 0) is 116 Å². The van der Waals surface area contributed by atoms with Gasteiger partial charge in [0.2, 0.25) is 21.8 Å². The van der Waals surface area contributed by atoms with Crippen molar-refractivity contribution in [2.45, 2.75) is 151 Å². The highest BCUT2D eigenvalue weighted by molar-refractivity contribution is 7.91. The fraction of sp³-hybridized carbons (Fsp3) is 0.625.